The van der Waals surface area contributed by atoms with E-state index in [0.29, 0.717) is 5.92 Å². The van der Waals surface area contributed by atoms with E-state index in [1.54, 1.807) is 0 Å². The Morgan fingerprint density at radius 1 is 1.20 bits per heavy atom. The summed E-state index contributed by atoms with van der Waals surface area (Å²) in [5.74, 6) is 1.28. The van der Waals surface area contributed by atoms with Crippen molar-refractivity contribution in [2.24, 2.45) is 11.8 Å². The normalized spacial score (nSPS) is 22.6. The minimum atomic E-state index is -0.116. The molecule has 0 spiro atoms. The summed E-state index contributed by atoms with van der Waals surface area (Å²) in [6, 6.07) is 0. The Kier molecular flexibility index (Phi) is 6.26. The second-order valence-electron chi connectivity index (χ2n) is 5.14. The van der Waals surface area contributed by atoms with Crippen molar-refractivity contribution in [1.82, 2.24) is 5.32 Å². The highest BCUT2D eigenvalue weighted by molar-refractivity contribution is 4.75. The van der Waals surface area contributed by atoms with Crippen LogP contribution in [0.5, 0.6) is 0 Å². The monoisotopic (exact) mass is 213 g/mol. The van der Waals surface area contributed by atoms with Crippen molar-refractivity contribution in [3.63, 3.8) is 0 Å². The van der Waals surface area contributed by atoms with Gasteiger partial charge in [-0.2, -0.15) is 0 Å². The molecule has 1 fully saturated rings. The summed E-state index contributed by atoms with van der Waals surface area (Å²) in [7, 11) is 0. The van der Waals surface area contributed by atoms with Crippen molar-refractivity contribution >= 4 is 0 Å². The van der Waals surface area contributed by atoms with Gasteiger partial charge < -0.3 is 10.4 Å². The zero-order valence-electron chi connectivity index (χ0n) is 10.3. The number of nitrogens with one attached hydrogen (secondary N) is 1. The van der Waals surface area contributed by atoms with Crippen molar-refractivity contribution in [3.05, 3.63) is 0 Å². The van der Waals surface area contributed by atoms with E-state index in [-0.39, 0.29) is 6.10 Å². The highest BCUT2D eigenvalue weighted by atomic mass is 16.3. The van der Waals surface area contributed by atoms with Crippen LogP contribution in [0.2, 0.25) is 0 Å². The topological polar surface area (TPSA) is 32.3 Å². The second-order valence-corrected chi connectivity index (χ2v) is 5.14. The fourth-order valence-electron chi connectivity index (χ4n) is 2.31. The van der Waals surface area contributed by atoms with Gasteiger partial charge in [0.25, 0.3) is 0 Å². The summed E-state index contributed by atoms with van der Waals surface area (Å²) in [6.45, 7) is 6.29. The summed E-state index contributed by atoms with van der Waals surface area (Å²) in [5, 5.41) is 13.4. The zero-order chi connectivity index (χ0) is 11.1. The fraction of sp³-hybridized carbons (Fsp3) is 1.00. The van der Waals surface area contributed by atoms with Gasteiger partial charge >= 0.3 is 0 Å². The van der Waals surface area contributed by atoms with E-state index in [0.717, 1.165) is 19.0 Å². The number of rotatable bonds is 6. The van der Waals surface area contributed by atoms with Gasteiger partial charge in [0, 0.05) is 6.54 Å². The van der Waals surface area contributed by atoms with Gasteiger partial charge in [-0.15, -0.1) is 0 Å². The van der Waals surface area contributed by atoms with Gasteiger partial charge in [-0.25, -0.2) is 0 Å². The Morgan fingerprint density at radius 2 is 1.87 bits per heavy atom. The summed E-state index contributed by atoms with van der Waals surface area (Å²) < 4.78 is 0. The molecule has 0 amide bonds. The zero-order valence-corrected chi connectivity index (χ0v) is 10.3. The molecule has 0 heterocycles. The molecule has 0 aliphatic heterocycles. The van der Waals surface area contributed by atoms with Gasteiger partial charge in [0.15, 0.2) is 0 Å². The number of aliphatic hydroxyl groups is 1. The maximum absolute atomic E-state index is 10.00. The molecule has 1 rings (SSSR count). The molecule has 1 aliphatic rings. The van der Waals surface area contributed by atoms with Gasteiger partial charge in [0.2, 0.25) is 0 Å². The maximum atomic E-state index is 10.00. The van der Waals surface area contributed by atoms with Crippen molar-refractivity contribution in [2.75, 3.05) is 13.1 Å². The SMILES string of the molecule is CCC(C)CNCC(O)C1CCCCC1. The molecule has 0 saturated heterocycles. The number of aliphatic hydroxyl groups excluding tert-OH is 1. The molecule has 0 aromatic rings. The van der Waals surface area contributed by atoms with Gasteiger partial charge in [0.1, 0.15) is 0 Å². The quantitative estimate of drug-likeness (QED) is 0.711. The highest BCUT2D eigenvalue weighted by Gasteiger charge is 2.21. The molecule has 2 atom stereocenters. The van der Waals surface area contributed by atoms with Crippen LogP contribution < -0.4 is 5.32 Å². The molecule has 15 heavy (non-hydrogen) atoms. The summed E-state index contributed by atoms with van der Waals surface area (Å²) in [5.41, 5.74) is 0. The van der Waals surface area contributed by atoms with E-state index in [9.17, 15) is 5.11 Å². The first kappa shape index (κ1) is 13.0. The smallest absolute Gasteiger partial charge is 0.0692 e. The maximum Gasteiger partial charge on any atom is 0.0692 e. The Hall–Kier alpha value is -0.0800. The number of hydrogen-bond acceptors (Lipinski definition) is 2. The first-order valence-corrected chi connectivity index (χ1v) is 6.62. The van der Waals surface area contributed by atoms with Crippen LogP contribution in [0.4, 0.5) is 0 Å². The van der Waals surface area contributed by atoms with Crippen LogP contribution in [0.1, 0.15) is 52.4 Å². The van der Waals surface area contributed by atoms with E-state index in [1.165, 1.54) is 38.5 Å². The fourth-order valence-corrected chi connectivity index (χ4v) is 2.31. The molecular formula is C13H27NO. The number of hydrogen-bond donors (Lipinski definition) is 2. The lowest BCUT2D eigenvalue weighted by atomic mass is 9.85. The summed E-state index contributed by atoms with van der Waals surface area (Å²) in [6.07, 6.45) is 7.54. The molecule has 2 unspecified atom stereocenters. The minimum absolute atomic E-state index is 0.116. The van der Waals surface area contributed by atoms with Gasteiger partial charge in [-0.1, -0.05) is 39.5 Å². The Morgan fingerprint density at radius 3 is 2.47 bits per heavy atom. The van der Waals surface area contributed by atoms with Crippen LogP contribution in [-0.4, -0.2) is 24.3 Å². The highest BCUT2D eigenvalue weighted by Crippen LogP contribution is 2.26. The molecule has 2 nitrogen and oxygen atoms in total. The molecular weight excluding hydrogens is 186 g/mol. The van der Waals surface area contributed by atoms with E-state index in [2.05, 4.69) is 19.2 Å². The van der Waals surface area contributed by atoms with Gasteiger partial charge in [-0.3, -0.25) is 0 Å². The molecule has 0 aromatic heterocycles. The molecule has 0 bridgehead atoms. The third-order valence-corrected chi connectivity index (χ3v) is 3.74. The van der Waals surface area contributed by atoms with Crippen molar-refractivity contribution < 1.29 is 5.11 Å². The van der Waals surface area contributed by atoms with Crippen LogP contribution >= 0.6 is 0 Å². The molecule has 1 aliphatic carbocycles. The molecule has 1 saturated carbocycles. The van der Waals surface area contributed by atoms with Crippen molar-refractivity contribution in [2.45, 2.75) is 58.5 Å². The summed E-state index contributed by atoms with van der Waals surface area (Å²) >= 11 is 0. The average Bonchev–Trinajstić information content (AvgIpc) is 2.29. The van der Waals surface area contributed by atoms with Crippen LogP contribution in [0.25, 0.3) is 0 Å². The third-order valence-electron chi connectivity index (χ3n) is 3.74. The molecule has 0 aromatic carbocycles. The van der Waals surface area contributed by atoms with E-state index in [1.807, 2.05) is 0 Å². The lowest BCUT2D eigenvalue weighted by Crippen LogP contribution is -2.35. The van der Waals surface area contributed by atoms with Crippen LogP contribution in [0.3, 0.4) is 0 Å². The van der Waals surface area contributed by atoms with Crippen LogP contribution in [0.15, 0.2) is 0 Å². The predicted octanol–water partition coefficient (Wildman–Crippen LogP) is 2.56. The lowest BCUT2D eigenvalue weighted by Gasteiger charge is -2.27. The Balaban J connectivity index is 2.09. The first-order valence-electron chi connectivity index (χ1n) is 6.62. The van der Waals surface area contributed by atoms with Crippen LogP contribution in [0, 0.1) is 11.8 Å². The van der Waals surface area contributed by atoms with E-state index in [4.69, 9.17) is 0 Å². The van der Waals surface area contributed by atoms with E-state index >= 15 is 0 Å². The van der Waals surface area contributed by atoms with Crippen molar-refractivity contribution in [1.29, 1.82) is 0 Å². The molecule has 90 valence electrons. The molecule has 2 heteroatoms. The van der Waals surface area contributed by atoms with Crippen molar-refractivity contribution in [3.8, 4) is 0 Å². The Labute approximate surface area is 94.5 Å². The second kappa shape index (κ2) is 7.24. The average molecular weight is 213 g/mol. The lowest BCUT2D eigenvalue weighted by molar-refractivity contribution is 0.0834. The Bertz CT molecular complexity index is 155. The largest absolute Gasteiger partial charge is 0.392 e. The van der Waals surface area contributed by atoms with Gasteiger partial charge in [-0.05, 0) is 31.2 Å². The molecule has 0 radical (unpaired) electrons. The summed E-state index contributed by atoms with van der Waals surface area (Å²) in [4.78, 5) is 0. The van der Waals surface area contributed by atoms with Gasteiger partial charge in [0.05, 0.1) is 6.10 Å². The predicted molar refractivity (Wildman–Crippen MR) is 64.9 cm³/mol. The minimum Gasteiger partial charge on any atom is -0.392 e. The first-order chi connectivity index (χ1) is 7.24. The standard InChI is InChI=1S/C13H27NO/c1-3-11(2)9-14-10-13(15)12-7-5-4-6-8-12/h11-15H,3-10H2,1-2H3. The van der Waals surface area contributed by atoms with Crippen LogP contribution in [-0.2, 0) is 0 Å². The molecule has 2 N–H and O–H groups in total. The van der Waals surface area contributed by atoms with E-state index < -0.39 is 0 Å². The third kappa shape index (κ3) is 4.98.